The normalized spacial score (nSPS) is 17.4. The third kappa shape index (κ3) is 4.34. The van der Waals surface area contributed by atoms with E-state index in [2.05, 4.69) is 16.4 Å². The summed E-state index contributed by atoms with van der Waals surface area (Å²) in [6.07, 6.45) is 3.71. The highest BCUT2D eigenvalue weighted by atomic mass is 19.1. The van der Waals surface area contributed by atoms with Gasteiger partial charge in [0.2, 0.25) is 5.91 Å². The molecule has 0 aliphatic carbocycles. The molecule has 1 aromatic carbocycles. The number of aryl methyl sites for hydroxylation is 2. The maximum atomic E-state index is 13.7. The van der Waals surface area contributed by atoms with Crippen molar-refractivity contribution in [3.63, 3.8) is 0 Å². The van der Waals surface area contributed by atoms with E-state index in [-0.39, 0.29) is 24.3 Å². The van der Waals surface area contributed by atoms with E-state index in [1.165, 1.54) is 42.6 Å². The van der Waals surface area contributed by atoms with Crippen molar-refractivity contribution in [3.8, 4) is 0 Å². The van der Waals surface area contributed by atoms with Crippen molar-refractivity contribution >= 4 is 5.91 Å². The van der Waals surface area contributed by atoms with Crippen LogP contribution in [0.1, 0.15) is 42.0 Å². The Morgan fingerprint density at radius 3 is 2.52 bits per heavy atom. The van der Waals surface area contributed by atoms with Crippen LogP contribution < -0.4 is 0 Å². The molecule has 0 radical (unpaired) electrons. The largest absolute Gasteiger partial charge is 0.340 e. The number of carbonyl (C=O) groups is 1. The Morgan fingerprint density at radius 2 is 1.79 bits per heavy atom. The van der Waals surface area contributed by atoms with Crippen LogP contribution >= 0.6 is 0 Å². The number of piperazine rings is 1. The number of carbonyl (C=O) groups excluding carboxylic acids is 1. The van der Waals surface area contributed by atoms with Gasteiger partial charge in [0, 0.05) is 57.7 Å². The first-order valence-corrected chi connectivity index (χ1v) is 10.5. The Hall–Kier alpha value is -2.28. The standard InChI is InChI=1S/C22H28F2N4O/c1-16-20(28-10-3-2-7-21(28)25-16)15-26-11-13-27(14-12-26)22(29)9-8-17-18(23)5-4-6-19(17)24/h4-6H,2-3,7-15H2,1H3. The molecule has 0 saturated carbocycles. The number of fused-ring (bicyclic) bond motifs is 1. The highest BCUT2D eigenvalue weighted by molar-refractivity contribution is 5.76. The summed E-state index contributed by atoms with van der Waals surface area (Å²) < 4.78 is 29.9. The summed E-state index contributed by atoms with van der Waals surface area (Å²) in [4.78, 5) is 21.4. The lowest BCUT2D eigenvalue weighted by atomic mass is 10.1. The summed E-state index contributed by atoms with van der Waals surface area (Å²) in [5, 5.41) is 0. The molecule has 2 aliphatic heterocycles. The number of hydrogen-bond acceptors (Lipinski definition) is 3. The van der Waals surface area contributed by atoms with Gasteiger partial charge in [0.15, 0.2) is 0 Å². The zero-order valence-electron chi connectivity index (χ0n) is 17.0. The smallest absolute Gasteiger partial charge is 0.222 e. The minimum absolute atomic E-state index is 0.000433. The van der Waals surface area contributed by atoms with Crippen LogP contribution in [-0.4, -0.2) is 51.4 Å². The number of nitrogens with zero attached hydrogens (tertiary/aromatic N) is 4. The van der Waals surface area contributed by atoms with E-state index in [0.29, 0.717) is 13.1 Å². The molecule has 0 spiro atoms. The summed E-state index contributed by atoms with van der Waals surface area (Å²) >= 11 is 0. The summed E-state index contributed by atoms with van der Waals surface area (Å²) in [6, 6.07) is 3.81. The van der Waals surface area contributed by atoms with Crippen LogP contribution in [0.2, 0.25) is 0 Å². The molecule has 2 aromatic rings. The Balaban J connectivity index is 1.29. The molecule has 1 amide bonds. The molecule has 0 atom stereocenters. The lowest BCUT2D eigenvalue weighted by molar-refractivity contribution is -0.133. The van der Waals surface area contributed by atoms with Crippen LogP contribution in [0.4, 0.5) is 8.78 Å². The van der Waals surface area contributed by atoms with Crippen molar-refractivity contribution in [2.45, 2.75) is 52.1 Å². The predicted molar refractivity (Wildman–Crippen MR) is 106 cm³/mol. The summed E-state index contributed by atoms with van der Waals surface area (Å²) in [7, 11) is 0. The second-order valence-electron chi connectivity index (χ2n) is 8.03. The number of benzene rings is 1. The second-order valence-corrected chi connectivity index (χ2v) is 8.03. The highest BCUT2D eigenvalue weighted by Gasteiger charge is 2.24. The van der Waals surface area contributed by atoms with Gasteiger partial charge in [-0.1, -0.05) is 6.07 Å². The fourth-order valence-corrected chi connectivity index (χ4v) is 4.41. The van der Waals surface area contributed by atoms with Gasteiger partial charge in [0.05, 0.1) is 11.4 Å². The van der Waals surface area contributed by atoms with Crippen molar-refractivity contribution in [1.29, 1.82) is 0 Å². The monoisotopic (exact) mass is 402 g/mol. The maximum absolute atomic E-state index is 13.7. The minimum Gasteiger partial charge on any atom is -0.340 e. The number of amides is 1. The molecular weight excluding hydrogens is 374 g/mol. The molecule has 3 heterocycles. The number of halogens is 2. The van der Waals surface area contributed by atoms with Gasteiger partial charge in [0.25, 0.3) is 0 Å². The van der Waals surface area contributed by atoms with E-state index in [1.807, 2.05) is 4.90 Å². The maximum Gasteiger partial charge on any atom is 0.222 e. The van der Waals surface area contributed by atoms with Crippen LogP contribution in [0.25, 0.3) is 0 Å². The van der Waals surface area contributed by atoms with Crippen LogP contribution in [0.5, 0.6) is 0 Å². The SMILES string of the molecule is Cc1nc2n(c1CN1CCN(C(=O)CCc3c(F)cccc3F)CC1)CCCC2. The number of imidazole rings is 1. The molecule has 5 nitrogen and oxygen atoms in total. The molecule has 1 fully saturated rings. The van der Waals surface area contributed by atoms with E-state index in [4.69, 9.17) is 4.98 Å². The van der Waals surface area contributed by atoms with Gasteiger partial charge in [-0.2, -0.15) is 0 Å². The van der Waals surface area contributed by atoms with Gasteiger partial charge in [-0.25, -0.2) is 13.8 Å². The molecular formula is C22H28F2N4O. The quantitative estimate of drug-likeness (QED) is 0.772. The second kappa shape index (κ2) is 8.61. The van der Waals surface area contributed by atoms with E-state index < -0.39 is 11.6 Å². The molecule has 29 heavy (non-hydrogen) atoms. The summed E-state index contributed by atoms with van der Waals surface area (Å²) in [5.74, 6) is 0.00686. The van der Waals surface area contributed by atoms with Gasteiger partial charge in [0.1, 0.15) is 17.5 Å². The fourth-order valence-electron chi connectivity index (χ4n) is 4.41. The first-order chi connectivity index (χ1) is 14.0. The van der Waals surface area contributed by atoms with Crippen molar-refractivity contribution in [1.82, 2.24) is 19.4 Å². The van der Waals surface area contributed by atoms with Crippen molar-refractivity contribution in [3.05, 3.63) is 52.6 Å². The van der Waals surface area contributed by atoms with Gasteiger partial charge in [-0.3, -0.25) is 9.69 Å². The van der Waals surface area contributed by atoms with E-state index in [0.717, 1.165) is 38.3 Å². The topological polar surface area (TPSA) is 41.4 Å². The lowest BCUT2D eigenvalue weighted by Crippen LogP contribution is -2.48. The van der Waals surface area contributed by atoms with E-state index in [9.17, 15) is 13.6 Å². The van der Waals surface area contributed by atoms with E-state index in [1.54, 1.807) is 0 Å². The van der Waals surface area contributed by atoms with Gasteiger partial charge < -0.3 is 9.47 Å². The number of rotatable bonds is 5. The average Bonchev–Trinajstić information content (AvgIpc) is 3.03. The van der Waals surface area contributed by atoms with Crippen molar-refractivity contribution in [2.75, 3.05) is 26.2 Å². The Bertz CT molecular complexity index is 867. The molecule has 7 heteroatoms. The Morgan fingerprint density at radius 1 is 1.07 bits per heavy atom. The molecule has 0 unspecified atom stereocenters. The predicted octanol–water partition coefficient (Wildman–Crippen LogP) is 3.08. The van der Waals surface area contributed by atoms with Crippen LogP contribution in [0, 0.1) is 18.6 Å². The number of aromatic nitrogens is 2. The van der Waals surface area contributed by atoms with Crippen molar-refractivity contribution < 1.29 is 13.6 Å². The van der Waals surface area contributed by atoms with Gasteiger partial charge in [-0.15, -0.1) is 0 Å². The van der Waals surface area contributed by atoms with E-state index >= 15 is 0 Å². The molecule has 1 saturated heterocycles. The summed E-state index contributed by atoms with van der Waals surface area (Å²) in [5.41, 5.74) is 2.42. The fraction of sp³-hybridized carbons (Fsp3) is 0.545. The van der Waals surface area contributed by atoms with Gasteiger partial charge in [-0.05, 0) is 38.3 Å². The Kier molecular flexibility index (Phi) is 5.94. The summed E-state index contributed by atoms with van der Waals surface area (Å²) in [6.45, 7) is 6.91. The van der Waals surface area contributed by atoms with Crippen molar-refractivity contribution in [2.24, 2.45) is 0 Å². The third-order valence-corrected chi connectivity index (χ3v) is 6.13. The van der Waals surface area contributed by atoms with Crippen LogP contribution in [-0.2, 0) is 30.7 Å². The van der Waals surface area contributed by atoms with Crippen LogP contribution in [0.3, 0.4) is 0 Å². The highest BCUT2D eigenvalue weighted by Crippen LogP contribution is 2.21. The Labute approximate surface area is 170 Å². The molecule has 0 bridgehead atoms. The molecule has 4 rings (SSSR count). The average molecular weight is 402 g/mol. The van der Waals surface area contributed by atoms with Crippen LogP contribution in [0.15, 0.2) is 18.2 Å². The van der Waals surface area contributed by atoms with Gasteiger partial charge >= 0.3 is 0 Å². The molecule has 0 N–H and O–H groups in total. The molecule has 156 valence electrons. The first-order valence-electron chi connectivity index (χ1n) is 10.5. The lowest BCUT2D eigenvalue weighted by Gasteiger charge is -2.35. The number of hydrogen-bond donors (Lipinski definition) is 0. The molecule has 2 aliphatic rings. The zero-order valence-corrected chi connectivity index (χ0v) is 17.0. The molecule has 1 aromatic heterocycles. The third-order valence-electron chi connectivity index (χ3n) is 6.13. The zero-order chi connectivity index (χ0) is 20.4. The minimum atomic E-state index is -0.581. The first kappa shape index (κ1) is 20.0.